The van der Waals surface area contributed by atoms with Crippen molar-refractivity contribution in [2.75, 3.05) is 13.1 Å². The highest BCUT2D eigenvalue weighted by Crippen LogP contribution is 2.36. The van der Waals surface area contributed by atoms with E-state index in [1.54, 1.807) is 23.5 Å². The van der Waals surface area contributed by atoms with Gasteiger partial charge in [-0.25, -0.2) is 18.1 Å². The third-order valence-corrected chi connectivity index (χ3v) is 8.04. The summed E-state index contributed by atoms with van der Waals surface area (Å²) in [6.07, 6.45) is 8.02. The quantitative estimate of drug-likeness (QED) is 0.380. The molecule has 1 fully saturated rings. The normalized spacial score (nSPS) is 14.7. The van der Waals surface area contributed by atoms with Crippen molar-refractivity contribution >= 4 is 45.1 Å². The zero-order valence-electron chi connectivity index (χ0n) is 17.6. The molecule has 2 N–H and O–H groups in total. The van der Waals surface area contributed by atoms with Crippen molar-refractivity contribution in [3.63, 3.8) is 0 Å². The minimum atomic E-state index is -3.53. The molecule has 0 unspecified atom stereocenters. The van der Waals surface area contributed by atoms with Crippen molar-refractivity contribution in [3.05, 3.63) is 80.8 Å². The van der Waals surface area contributed by atoms with Crippen molar-refractivity contribution in [3.8, 4) is 0 Å². The van der Waals surface area contributed by atoms with Crippen molar-refractivity contribution < 1.29 is 8.42 Å². The maximum atomic E-state index is 12.3. The summed E-state index contributed by atoms with van der Waals surface area (Å²) in [6, 6.07) is 14.4. The summed E-state index contributed by atoms with van der Waals surface area (Å²) in [5.41, 5.74) is 3.50. The minimum absolute atomic E-state index is 0.210. The lowest BCUT2D eigenvalue weighted by atomic mass is 9.83. The number of halogens is 1. The molecule has 8 heteroatoms. The van der Waals surface area contributed by atoms with E-state index < -0.39 is 10.0 Å². The molecule has 32 heavy (non-hydrogen) atoms. The second kappa shape index (κ2) is 10.7. The molecule has 0 aliphatic heterocycles. The fraction of sp³-hybridized carbons (Fsp3) is 0.292. The fourth-order valence-corrected chi connectivity index (χ4v) is 5.40. The molecule has 0 spiro atoms. The molecule has 1 aliphatic carbocycles. The summed E-state index contributed by atoms with van der Waals surface area (Å²) in [5, 5.41) is 7.02. The van der Waals surface area contributed by atoms with Crippen molar-refractivity contribution in [2.24, 2.45) is 0 Å². The molecule has 1 aromatic heterocycles. The van der Waals surface area contributed by atoms with E-state index in [0.29, 0.717) is 30.6 Å². The largest absolute Gasteiger partial charge is 0.311 e. The molecular weight excluding hydrogens is 462 g/mol. The van der Waals surface area contributed by atoms with Crippen LogP contribution in [0.2, 0.25) is 5.02 Å². The molecule has 5 nitrogen and oxygen atoms in total. The number of benzene rings is 2. The van der Waals surface area contributed by atoms with Crippen molar-refractivity contribution in [2.45, 2.75) is 36.6 Å². The first kappa shape index (κ1) is 23.1. The van der Waals surface area contributed by atoms with Crippen LogP contribution in [0.3, 0.4) is 0 Å². The molecule has 0 saturated heterocycles. The first-order valence-electron chi connectivity index (χ1n) is 10.7. The summed E-state index contributed by atoms with van der Waals surface area (Å²) < 4.78 is 27.1. The van der Waals surface area contributed by atoms with Crippen LogP contribution in [0.5, 0.6) is 0 Å². The van der Waals surface area contributed by atoms with Crippen LogP contribution in [0.25, 0.3) is 12.2 Å². The van der Waals surface area contributed by atoms with Gasteiger partial charge in [0.1, 0.15) is 5.01 Å². The Labute approximate surface area is 198 Å². The summed E-state index contributed by atoms with van der Waals surface area (Å²) in [4.78, 5) is 4.95. The molecule has 0 amide bonds. The maximum absolute atomic E-state index is 12.3. The average Bonchev–Trinajstić information content (AvgIpc) is 3.19. The highest BCUT2D eigenvalue weighted by Gasteiger charge is 2.21. The van der Waals surface area contributed by atoms with Gasteiger partial charge in [0, 0.05) is 36.0 Å². The number of sulfonamides is 1. The van der Waals surface area contributed by atoms with Gasteiger partial charge in [-0.05, 0) is 54.3 Å². The van der Waals surface area contributed by atoms with Crippen molar-refractivity contribution in [1.29, 1.82) is 0 Å². The average molecular weight is 488 g/mol. The van der Waals surface area contributed by atoms with Gasteiger partial charge >= 0.3 is 0 Å². The molecule has 168 valence electrons. The highest BCUT2D eigenvalue weighted by atomic mass is 35.5. The fourth-order valence-electron chi connectivity index (χ4n) is 3.45. The van der Waals surface area contributed by atoms with E-state index in [0.717, 1.165) is 16.1 Å². The van der Waals surface area contributed by atoms with Crippen LogP contribution in [0.1, 0.15) is 47.0 Å². The number of aromatic nitrogens is 1. The van der Waals surface area contributed by atoms with Gasteiger partial charge in [-0.3, -0.25) is 0 Å². The van der Waals surface area contributed by atoms with E-state index in [1.165, 1.54) is 37.1 Å². The van der Waals surface area contributed by atoms with Crippen LogP contribution in [0.4, 0.5) is 0 Å². The third-order valence-electron chi connectivity index (χ3n) is 5.48. The first-order chi connectivity index (χ1) is 15.5. The van der Waals surface area contributed by atoms with Crippen LogP contribution in [0.15, 0.2) is 58.8 Å². The minimum Gasteiger partial charge on any atom is -0.311 e. The molecular formula is C24H26ClN3O2S2. The summed E-state index contributed by atoms with van der Waals surface area (Å²) in [5.74, 6) is 0.665. The molecule has 2 aromatic carbocycles. The van der Waals surface area contributed by atoms with Gasteiger partial charge in [0.15, 0.2) is 0 Å². The summed E-state index contributed by atoms with van der Waals surface area (Å²) >= 11 is 7.51. The van der Waals surface area contributed by atoms with Gasteiger partial charge in [-0.1, -0.05) is 48.4 Å². The molecule has 1 heterocycles. The van der Waals surface area contributed by atoms with E-state index in [2.05, 4.69) is 45.8 Å². The van der Waals surface area contributed by atoms with Crippen LogP contribution in [0, 0.1) is 0 Å². The molecule has 0 atom stereocenters. The third kappa shape index (κ3) is 6.27. The van der Waals surface area contributed by atoms with Crippen LogP contribution < -0.4 is 10.0 Å². The number of rotatable bonds is 10. The summed E-state index contributed by atoms with van der Waals surface area (Å²) in [6.45, 7) is 1.49. The monoisotopic (exact) mass is 487 g/mol. The maximum Gasteiger partial charge on any atom is 0.240 e. The Morgan fingerprint density at radius 1 is 1.09 bits per heavy atom. The van der Waals surface area contributed by atoms with Gasteiger partial charge in [-0.15, -0.1) is 11.3 Å². The molecule has 0 bridgehead atoms. The van der Waals surface area contributed by atoms with Gasteiger partial charge in [0.05, 0.1) is 10.6 Å². The topological polar surface area (TPSA) is 71.1 Å². The van der Waals surface area contributed by atoms with Gasteiger partial charge in [0.25, 0.3) is 0 Å². The Hall–Kier alpha value is -2.03. The zero-order chi connectivity index (χ0) is 22.4. The first-order valence-corrected chi connectivity index (χ1v) is 13.4. The number of hydrogen-bond acceptors (Lipinski definition) is 5. The van der Waals surface area contributed by atoms with E-state index in [-0.39, 0.29) is 4.90 Å². The number of nitrogens with zero attached hydrogens (tertiary/aromatic N) is 1. The van der Waals surface area contributed by atoms with Gasteiger partial charge in [0.2, 0.25) is 10.0 Å². The lowest BCUT2D eigenvalue weighted by Crippen LogP contribution is -2.31. The highest BCUT2D eigenvalue weighted by molar-refractivity contribution is 7.89. The lowest BCUT2D eigenvalue weighted by molar-refractivity contribution is 0.412. The second-order valence-corrected chi connectivity index (χ2v) is 10.9. The Morgan fingerprint density at radius 2 is 1.91 bits per heavy atom. The summed E-state index contributed by atoms with van der Waals surface area (Å²) in [7, 11) is -3.53. The van der Waals surface area contributed by atoms with E-state index in [4.69, 9.17) is 16.6 Å². The lowest BCUT2D eigenvalue weighted by Gasteiger charge is -2.22. The second-order valence-electron chi connectivity index (χ2n) is 7.85. The van der Waals surface area contributed by atoms with Crippen LogP contribution >= 0.6 is 22.9 Å². The predicted octanol–water partition coefficient (Wildman–Crippen LogP) is 5.30. The smallest absolute Gasteiger partial charge is 0.240 e. The predicted molar refractivity (Wildman–Crippen MR) is 132 cm³/mol. The van der Waals surface area contributed by atoms with Gasteiger partial charge in [-0.2, -0.15) is 0 Å². The molecule has 1 aliphatic rings. The molecule has 1 saturated carbocycles. The SMILES string of the molecule is O=S(=O)(NCCNCc1cccc(/C=C/c2nc(C3CCC3)cs2)c1)c1ccc(Cl)cc1. The molecule has 0 radical (unpaired) electrons. The number of hydrogen-bond donors (Lipinski definition) is 2. The standard InChI is InChI=1S/C24H26ClN3O2S2/c25-21-8-10-22(11-9-21)32(29,30)27-14-13-26-16-19-4-1-3-18(15-19)7-12-24-28-23(17-31-24)20-5-2-6-20/h1,3-4,7-12,15,17,20,26-27H,2,5-6,13-14,16H2/b12-7+. The Kier molecular flexibility index (Phi) is 7.75. The Balaban J connectivity index is 1.23. The van der Waals surface area contributed by atoms with Crippen molar-refractivity contribution in [1.82, 2.24) is 15.0 Å². The van der Waals surface area contributed by atoms with E-state index in [1.807, 2.05) is 6.07 Å². The Bertz CT molecular complexity index is 1170. The molecule has 4 rings (SSSR count). The Morgan fingerprint density at radius 3 is 2.66 bits per heavy atom. The van der Waals surface area contributed by atoms with Gasteiger partial charge < -0.3 is 5.32 Å². The van der Waals surface area contributed by atoms with Crippen LogP contribution in [-0.2, 0) is 16.6 Å². The van der Waals surface area contributed by atoms with Crippen LogP contribution in [-0.4, -0.2) is 26.5 Å². The van der Waals surface area contributed by atoms with E-state index >= 15 is 0 Å². The van der Waals surface area contributed by atoms with E-state index in [9.17, 15) is 8.42 Å². The number of thiazole rings is 1. The molecule has 3 aromatic rings. The number of nitrogens with one attached hydrogen (secondary N) is 2. The zero-order valence-corrected chi connectivity index (χ0v) is 20.0.